The monoisotopic (exact) mass is 287 g/mol. The standard InChI is InChI=1S/C16H21N3O2/c1-21-11-3-5-15-13(9-11)12-8-10(2-4-14(12)19-15)16(20)18-7-6-17/h3,5,9-10,19H,2,4,6-8,17H2,1H3,(H,18,20). The number of methoxy groups -OCH3 is 1. The zero-order valence-electron chi connectivity index (χ0n) is 12.2. The third-order valence-corrected chi connectivity index (χ3v) is 4.21. The van der Waals surface area contributed by atoms with Gasteiger partial charge < -0.3 is 20.8 Å². The van der Waals surface area contributed by atoms with E-state index in [1.165, 1.54) is 16.6 Å². The molecule has 1 aliphatic rings. The van der Waals surface area contributed by atoms with E-state index in [9.17, 15) is 4.79 Å². The maximum atomic E-state index is 12.1. The fraction of sp³-hybridized carbons (Fsp3) is 0.438. The summed E-state index contributed by atoms with van der Waals surface area (Å²) in [6, 6.07) is 6.04. The third-order valence-electron chi connectivity index (χ3n) is 4.21. The van der Waals surface area contributed by atoms with Crippen LogP contribution in [0, 0.1) is 5.92 Å². The van der Waals surface area contributed by atoms with Crippen LogP contribution in [0.2, 0.25) is 0 Å². The van der Waals surface area contributed by atoms with Gasteiger partial charge in [0.15, 0.2) is 0 Å². The highest BCUT2D eigenvalue weighted by Gasteiger charge is 2.27. The topological polar surface area (TPSA) is 80.1 Å². The number of benzene rings is 1. The number of aromatic nitrogens is 1. The lowest BCUT2D eigenvalue weighted by molar-refractivity contribution is -0.125. The molecule has 0 saturated carbocycles. The zero-order chi connectivity index (χ0) is 14.8. The van der Waals surface area contributed by atoms with Crippen LogP contribution < -0.4 is 15.8 Å². The van der Waals surface area contributed by atoms with Gasteiger partial charge in [0.1, 0.15) is 5.75 Å². The first-order chi connectivity index (χ1) is 10.2. The van der Waals surface area contributed by atoms with Crippen molar-refractivity contribution in [1.82, 2.24) is 10.3 Å². The van der Waals surface area contributed by atoms with Crippen molar-refractivity contribution in [3.63, 3.8) is 0 Å². The van der Waals surface area contributed by atoms with Gasteiger partial charge in [-0.1, -0.05) is 0 Å². The highest BCUT2D eigenvalue weighted by molar-refractivity contribution is 5.88. The molecule has 0 fully saturated rings. The number of nitrogens with one attached hydrogen (secondary N) is 2. The summed E-state index contributed by atoms with van der Waals surface area (Å²) in [4.78, 5) is 15.6. The molecule has 2 aromatic rings. The second-order valence-corrected chi connectivity index (χ2v) is 5.51. The average molecular weight is 287 g/mol. The number of hydrogen-bond acceptors (Lipinski definition) is 3. The molecule has 1 aromatic heterocycles. The Morgan fingerprint density at radius 2 is 2.38 bits per heavy atom. The molecule has 3 rings (SSSR count). The highest BCUT2D eigenvalue weighted by Crippen LogP contribution is 2.33. The lowest BCUT2D eigenvalue weighted by Gasteiger charge is -2.21. The molecule has 5 heteroatoms. The predicted octanol–water partition coefficient (Wildman–Crippen LogP) is 1.36. The number of amides is 1. The average Bonchev–Trinajstić information content (AvgIpc) is 2.89. The first-order valence-electron chi connectivity index (χ1n) is 7.38. The van der Waals surface area contributed by atoms with Crippen molar-refractivity contribution in [2.75, 3.05) is 20.2 Å². The third kappa shape index (κ3) is 2.61. The quantitative estimate of drug-likeness (QED) is 0.794. The Hall–Kier alpha value is -2.01. The number of aryl methyl sites for hydroxylation is 1. The SMILES string of the molecule is COc1ccc2[nH]c3c(c2c1)CC(C(=O)NCCN)CC3. The van der Waals surface area contributed by atoms with E-state index in [-0.39, 0.29) is 11.8 Å². The maximum absolute atomic E-state index is 12.1. The summed E-state index contributed by atoms with van der Waals surface area (Å²) < 4.78 is 5.30. The zero-order valence-corrected chi connectivity index (χ0v) is 12.2. The summed E-state index contributed by atoms with van der Waals surface area (Å²) in [5.41, 5.74) is 9.06. The molecule has 0 aliphatic heterocycles. The number of hydrogen-bond donors (Lipinski definition) is 3. The Labute approximate surface area is 123 Å². The van der Waals surface area contributed by atoms with Crippen molar-refractivity contribution < 1.29 is 9.53 Å². The van der Waals surface area contributed by atoms with Gasteiger partial charge in [-0.3, -0.25) is 4.79 Å². The van der Waals surface area contributed by atoms with E-state index in [1.807, 2.05) is 18.2 Å². The molecule has 0 radical (unpaired) electrons. The predicted molar refractivity (Wildman–Crippen MR) is 82.4 cm³/mol. The van der Waals surface area contributed by atoms with Crippen LogP contribution in [0.4, 0.5) is 0 Å². The lowest BCUT2D eigenvalue weighted by Crippen LogP contribution is -2.36. The van der Waals surface area contributed by atoms with E-state index in [1.54, 1.807) is 7.11 Å². The van der Waals surface area contributed by atoms with Crippen molar-refractivity contribution in [3.8, 4) is 5.75 Å². The van der Waals surface area contributed by atoms with Gasteiger partial charge in [0.2, 0.25) is 5.91 Å². The number of carbonyl (C=O) groups is 1. The first kappa shape index (κ1) is 13.9. The number of fused-ring (bicyclic) bond motifs is 3. The van der Waals surface area contributed by atoms with Crippen molar-refractivity contribution in [2.24, 2.45) is 11.7 Å². The smallest absolute Gasteiger partial charge is 0.223 e. The highest BCUT2D eigenvalue weighted by atomic mass is 16.5. The molecule has 21 heavy (non-hydrogen) atoms. The van der Waals surface area contributed by atoms with Crippen LogP contribution in [0.15, 0.2) is 18.2 Å². The molecule has 1 amide bonds. The van der Waals surface area contributed by atoms with Crippen LogP contribution in [0.25, 0.3) is 10.9 Å². The molecule has 1 aromatic carbocycles. The summed E-state index contributed by atoms with van der Waals surface area (Å²) in [7, 11) is 1.67. The number of carbonyl (C=O) groups excluding carboxylic acids is 1. The minimum Gasteiger partial charge on any atom is -0.497 e. The Kier molecular flexibility index (Phi) is 3.84. The molecule has 1 atom stereocenters. The second-order valence-electron chi connectivity index (χ2n) is 5.51. The number of H-pyrrole nitrogens is 1. The van der Waals surface area contributed by atoms with E-state index in [0.717, 1.165) is 30.5 Å². The summed E-state index contributed by atoms with van der Waals surface area (Å²) in [6.07, 6.45) is 2.57. The molecule has 112 valence electrons. The van der Waals surface area contributed by atoms with Gasteiger partial charge in [-0.05, 0) is 43.0 Å². The number of aromatic amines is 1. The minimum absolute atomic E-state index is 0.0363. The number of rotatable bonds is 4. The molecule has 1 aliphatic carbocycles. The maximum Gasteiger partial charge on any atom is 0.223 e. The van der Waals surface area contributed by atoms with Gasteiger partial charge in [0.25, 0.3) is 0 Å². The minimum atomic E-state index is 0.0363. The molecule has 0 bridgehead atoms. The lowest BCUT2D eigenvalue weighted by atomic mass is 9.86. The van der Waals surface area contributed by atoms with Gasteiger partial charge >= 0.3 is 0 Å². The van der Waals surface area contributed by atoms with E-state index < -0.39 is 0 Å². The fourth-order valence-electron chi connectivity index (χ4n) is 3.09. The summed E-state index contributed by atoms with van der Waals surface area (Å²) in [5, 5.41) is 4.06. The molecular formula is C16H21N3O2. The van der Waals surface area contributed by atoms with Crippen LogP contribution in [-0.4, -0.2) is 31.1 Å². The van der Waals surface area contributed by atoms with E-state index in [0.29, 0.717) is 13.1 Å². The summed E-state index contributed by atoms with van der Waals surface area (Å²) in [5.74, 6) is 0.997. The van der Waals surface area contributed by atoms with Gasteiger partial charge in [-0.25, -0.2) is 0 Å². The van der Waals surface area contributed by atoms with Gasteiger partial charge in [0, 0.05) is 35.6 Å². The van der Waals surface area contributed by atoms with E-state index in [2.05, 4.69) is 10.3 Å². The molecule has 0 spiro atoms. The summed E-state index contributed by atoms with van der Waals surface area (Å²) in [6.45, 7) is 1.03. The second kappa shape index (κ2) is 5.77. The van der Waals surface area contributed by atoms with Crippen LogP contribution in [-0.2, 0) is 17.6 Å². The Bertz CT molecular complexity index is 663. The first-order valence-corrected chi connectivity index (χ1v) is 7.38. The van der Waals surface area contributed by atoms with Gasteiger partial charge in [-0.15, -0.1) is 0 Å². The van der Waals surface area contributed by atoms with E-state index >= 15 is 0 Å². The Balaban J connectivity index is 1.88. The van der Waals surface area contributed by atoms with Crippen molar-refractivity contribution in [3.05, 3.63) is 29.5 Å². The molecular weight excluding hydrogens is 266 g/mol. The number of nitrogens with two attached hydrogens (primary N) is 1. The normalized spacial score (nSPS) is 17.5. The van der Waals surface area contributed by atoms with Crippen LogP contribution in [0.5, 0.6) is 5.75 Å². The van der Waals surface area contributed by atoms with Crippen molar-refractivity contribution in [1.29, 1.82) is 0 Å². The van der Waals surface area contributed by atoms with Crippen LogP contribution >= 0.6 is 0 Å². The summed E-state index contributed by atoms with van der Waals surface area (Å²) >= 11 is 0. The molecule has 0 saturated heterocycles. The molecule has 4 N–H and O–H groups in total. The number of ether oxygens (including phenoxy) is 1. The molecule has 5 nitrogen and oxygen atoms in total. The van der Waals surface area contributed by atoms with Gasteiger partial charge in [0.05, 0.1) is 7.11 Å². The molecule has 1 unspecified atom stereocenters. The van der Waals surface area contributed by atoms with Gasteiger partial charge in [-0.2, -0.15) is 0 Å². The van der Waals surface area contributed by atoms with Crippen molar-refractivity contribution >= 4 is 16.8 Å². The largest absolute Gasteiger partial charge is 0.497 e. The van der Waals surface area contributed by atoms with Crippen LogP contribution in [0.1, 0.15) is 17.7 Å². The van der Waals surface area contributed by atoms with Crippen molar-refractivity contribution in [2.45, 2.75) is 19.3 Å². The fourth-order valence-corrected chi connectivity index (χ4v) is 3.09. The molecule has 1 heterocycles. The van der Waals surface area contributed by atoms with E-state index in [4.69, 9.17) is 10.5 Å². The Morgan fingerprint density at radius 1 is 1.52 bits per heavy atom. The Morgan fingerprint density at radius 3 is 3.14 bits per heavy atom. The van der Waals surface area contributed by atoms with Crippen LogP contribution in [0.3, 0.4) is 0 Å².